The molecule has 0 amide bonds. The lowest BCUT2D eigenvalue weighted by atomic mass is 10.2. The summed E-state index contributed by atoms with van der Waals surface area (Å²) in [4.78, 5) is 4.37. The molecular weight excluding hydrogens is 318 g/mol. The maximum atomic E-state index is 9.14. The van der Waals surface area contributed by atoms with Crippen LogP contribution in [0, 0.1) is 0 Å². The van der Waals surface area contributed by atoms with Gasteiger partial charge in [-0.25, -0.2) is 4.98 Å². The molecule has 3 rings (SSSR count). The first-order chi connectivity index (χ1) is 8.78. The molecule has 18 heavy (non-hydrogen) atoms. The number of ether oxygens (including phenoxy) is 2. The molecule has 0 saturated carbocycles. The summed E-state index contributed by atoms with van der Waals surface area (Å²) in [5.41, 5.74) is 1.62. The Hall–Kier alpha value is -1.11. The van der Waals surface area contributed by atoms with Gasteiger partial charge in [0.05, 0.1) is 16.1 Å². The number of aliphatic hydroxyl groups excluding tert-OH is 1. The van der Waals surface area contributed by atoms with Crippen LogP contribution in [0.15, 0.2) is 22.0 Å². The zero-order valence-corrected chi connectivity index (χ0v) is 11.8. The second-order valence-electron chi connectivity index (χ2n) is 3.76. The summed E-state index contributed by atoms with van der Waals surface area (Å²) >= 11 is 4.88. The summed E-state index contributed by atoms with van der Waals surface area (Å²) in [6, 6.07) is 5.75. The fraction of sp³-hybridized carbons (Fsp3) is 0.250. The SMILES string of the molecule is OCc1nc(-c2ccc3c(c2)OCCO3)sc1Br. The maximum absolute atomic E-state index is 9.14. The molecule has 0 bridgehead atoms. The maximum Gasteiger partial charge on any atom is 0.162 e. The van der Waals surface area contributed by atoms with Crippen molar-refractivity contribution in [2.75, 3.05) is 13.2 Å². The van der Waals surface area contributed by atoms with Crippen molar-refractivity contribution in [2.45, 2.75) is 6.61 Å². The molecule has 1 N–H and O–H groups in total. The Morgan fingerprint density at radius 3 is 2.78 bits per heavy atom. The highest BCUT2D eigenvalue weighted by molar-refractivity contribution is 9.11. The molecule has 1 aliphatic rings. The molecule has 4 nitrogen and oxygen atoms in total. The Morgan fingerprint density at radius 1 is 1.28 bits per heavy atom. The number of rotatable bonds is 2. The number of aromatic nitrogens is 1. The number of fused-ring (bicyclic) bond motifs is 1. The van der Waals surface area contributed by atoms with Gasteiger partial charge in [-0.2, -0.15) is 0 Å². The van der Waals surface area contributed by atoms with Gasteiger partial charge in [-0.1, -0.05) is 0 Å². The number of thiazole rings is 1. The quantitative estimate of drug-likeness (QED) is 0.921. The zero-order valence-electron chi connectivity index (χ0n) is 9.35. The highest BCUT2D eigenvalue weighted by Gasteiger charge is 2.15. The molecule has 0 spiro atoms. The molecule has 0 radical (unpaired) electrons. The topological polar surface area (TPSA) is 51.6 Å². The van der Waals surface area contributed by atoms with E-state index in [4.69, 9.17) is 14.6 Å². The van der Waals surface area contributed by atoms with Gasteiger partial charge in [-0.15, -0.1) is 11.3 Å². The monoisotopic (exact) mass is 327 g/mol. The third-order valence-corrected chi connectivity index (χ3v) is 4.47. The van der Waals surface area contributed by atoms with Crippen molar-refractivity contribution < 1.29 is 14.6 Å². The van der Waals surface area contributed by atoms with Crippen LogP contribution in [0.25, 0.3) is 10.6 Å². The summed E-state index contributed by atoms with van der Waals surface area (Å²) in [6.07, 6.45) is 0. The largest absolute Gasteiger partial charge is 0.486 e. The van der Waals surface area contributed by atoms with Gasteiger partial charge in [0.15, 0.2) is 11.5 Å². The van der Waals surface area contributed by atoms with Crippen molar-refractivity contribution in [3.63, 3.8) is 0 Å². The van der Waals surface area contributed by atoms with E-state index in [1.807, 2.05) is 18.2 Å². The Bertz CT molecular complexity index is 585. The van der Waals surface area contributed by atoms with E-state index in [1.54, 1.807) is 0 Å². The molecule has 2 heterocycles. The van der Waals surface area contributed by atoms with Gasteiger partial charge in [-0.3, -0.25) is 0 Å². The third kappa shape index (κ3) is 2.11. The van der Waals surface area contributed by atoms with Gasteiger partial charge >= 0.3 is 0 Å². The molecule has 1 aliphatic heterocycles. The molecular formula is C12H10BrNO3S. The van der Waals surface area contributed by atoms with Crippen LogP contribution in [-0.2, 0) is 6.61 Å². The molecule has 1 aromatic heterocycles. The van der Waals surface area contributed by atoms with E-state index in [1.165, 1.54) is 11.3 Å². The van der Waals surface area contributed by atoms with E-state index in [0.717, 1.165) is 25.9 Å². The minimum Gasteiger partial charge on any atom is -0.486 e. The first-order valence-corrected chi connectivity index (χ1v) is 7.05. The van der Waals surface area contributed by atoms with E-state index in [-0.39, 0.29) is 6.61 Å². The fourth-order valence-corrected chi connectivity index (χ4v) is 3.20. The Balaban J connectivity index is 2.00. The Labute approximate surface area is 116 Å². The highest BCUT2D eigenvalue weighted by atomic mass is 79.9. The smallest absolute Gasteiger partial charge is 0.162 e. The molecule has 0 fully saturated rings. The van der Waals surface area contributed by atoms with E-state index < -0.39 is 0 Å². The van der Waals surface area contributed by atoms with Gasteiger partial charge in [0.2, 0.25) is 0 Å². The van der Waals surface area contributed by atoms with E-state index in [2.05, 4.69) is 20.9 Å². The number of hydrogen-bond donors (Lipinski definition) is 1. The molecule has 0 saturated heterocycles. The van der Waals surface area contributed by atoms with Crippen LogP contribution in [0.3, 0.4) is 0 Å². The van der Waals surface area contributed by atoms with Gasteiger partial charge in [-0.05, 0) is 34.1 Å². The van der Waals surface area contributed by atoms with Crippen LogP contribution < -0.4 is 9.47 Å². The van der Waals surface area contributed by atoms with Crippen molar-refractivity contribution in [1.29, 1.82) is 0 Å². The van der Waals surface area contributed by atoms with Crippen LogP contribution in [0.1, 0.15) is 5.69 Å². The van der Waals surface area contributed by atoms with Crippen molar-refractivity contribution in [3.8, 4) is 22.1 Å². The molecule has 0 unspecified atom stereocenters. The van der Waals surface area contributed by atoms with Crippen molar-refractivity contribution in [2.24, 2.45) is 0 Å². The highest BCUT2D eigenvalue weighted by Crippen LogP contribution is 2.37. The average molecular weight is 328 g/mol. The molecule has 94 valence electrons. The van der Waals surface area contributed by atoms with Gasteiger partial charge in [0, 0.05) is 5.56 Å². The Morgan fingerprint density at radius 2 is 2.06 bits per heavy atom. The number of halogens is 1. The molecule has 6 heteroatoms. The van der Waals surface area contributed by atoms with Gasteiger partial charge in [0.25, 0.3) is 0 Å². The van der Waals surface area contributed by atoms with Crippen LogP contribution in [0.2, 0.25) is 0 Å². The predicted octanol–water partition coefficient (Wildman–Crippen LogP) is 2.84. The van der Waals surface area contributed by atoms with Crippen LogP contribution >= 0.6 is 27.3 Å². The van der Waals surface area contributed by atoms with Gasteiger partial charge in [0.1, 0.15) is 18.2 Å². The number of benzene rings is 1. The minimum absolute atomic E-state index is 0.0678. The standard InChI is InChI=1S/C12H10BrNO3S/c13-11-8(6-15)14-12(18-11)7-1-2-9-10(5-7)17-4-3-16-9/h1-2,5,15H,3-4,6H2. The summed E-state index contributed by atoms with van der Waals surface area (Å²) in [5.74, 6) is 1.51. The van der Waals surface area contributed by atoms with Crippen molar-refractivity contribution in [3.05, 3.63) is 27.7 Å². The average Bonchev–Trinajstić information content (AvgIpc) is 2.79. The summed E-state index contributed by atoms with van der Waals surface area (Å²) in [6.45, 7) is 1.09. The van der Waals surface area contributed by atoms with Crippen molar-refractivity contribution in [1.82, 2.24) is 4.98 Å². The van der Waals surface area contributed by atoms with Crippen LogP contribution in [0.5, 0.6) is 11.5 Å². The van der Waals surface area contributed by atoms with Crippen LogP contribution in [-0.4, -0.2) is 23.3 Å². The number of nitrogens with zero attached hydrogens (tertiary/aromatic N) is 1. The predicted molar refractivity (Wildman–Crippen MR) is 72.2 cm³/mol. The molecule has 0 atom stereocenters. The lowest BCUT2D eigenvalue weighted by Crippen LogP contribution is -2.15. The zero-order chi connectivity index (χ0) is 12.5. The number of aliphatic hydroxyl groups is 1. The first-order valence-electron chi connectivity index (χ1n) is 5.44. The molecule has 0 aliphatic carbocycles. The lowest BCUT2D eigenvalue weighted by Gasteiger charge is -2.18. The summed E-state index contributed by atoms with van der Waals surface area (Å²) < 4.78 is 11.9. The summed E-state index contributed by atoms with van der Waals surface area (Å²) in [7, 11) is 0. The first kappa shape index (κ1) is 12.0. The summed E-state index contributed by atoms with van der Waals surface area (Å²) in [5, 5.41) is 9.99. The van der Waals surface area contributed by atoms with Gasteiger partial charge < -0.3 is 14.6 Å². The third-order valence-electron chi connectivity index (χ3n) is 2.59. The fourth-order valence-electron chi connectivity index (χ4n) is 1.73. The second kappa shape index (κ2) is 4.87. The Kier molecular flexibility index (Phi) is 3.23. The number of hydrogen-bond acceptors (Lipinski definition) is 5. The molecule has 2 aromatic rings. The normalized spacial score (nSPS) is 13.7. The second-order valence-corrected chi connectivity index (χ2v) is 6.07. The van der Waals surface area contributed by atoms with Crippen molar-refractivity contribution >= 4 is 27.3 Å². The van der Waals surface area contributed by atoms with E-state index >= 15 is 0 Å². The molecule has 1 aromatic carbocycles. The minimum atomic E-state index is -0.0678. The van der Waals surface area contributed by atoms with E-state index in [0.29, 0.717) is 18.9 Å². The van der Waals surface area contributed by atoms with E-state index in [9.17, 15) is 0 Å². The lowest BCUT2D eigenvalue weighted by molar-refractivity contribution is 0.171. The van der Waals surface area contributed by atoms with Crippen LogP contribution in [0.4, 0.5) is 0 Å².